The van der Waals surface area contributed by atoms with Crippen LogP contribution in [0.3, 0.4) is 0 Å². The lowest BCUT2D eigenvalue weighted by Crippen LogP contribution is -2.25. The van der Waals surface area contributed by atoms with Crippen LogP contribution in [0.25, 0.3) is 0 Å². The lowest BCUT2D eigenvalue weighted by Gasteiger charge is -2.06. The smallest absolute Gasteiger partial charge is 0.240 e. The average Bonchev–Trinajstić information content (AvgIpc) is 2.44. The van der Waals surface area contributed by atoms with Crippen molar-refractivity contribution >= 4 is 15.9 Å². The Hall–Kier alpha value is -1.88. The Labute approximate surface area is 124 Å². The van der Waals surface area contributed by atoms with Crippen LogP contribution in [0, 0.1) is 11.8 Å². The molecule has 7 heteroatoms. The lowest BCUT2D eigenvalue weighted by atomic mass is 10.2. The molecule has 0 spiro atoms. The summed E-state index contributed by atoms with van der Waals surface area (Å²) in [4.78, 5) is 10.7. The first-order chi connectivity index (χ1) is 9.95. The summed E-state index contributed by atoms with van der Waals surface area (Å²) in [6, 6.07) is 6.15. The van der Waals surface area contributed by atoms with Crippen molar-refractivity contribution in [1.82, 2.24) is 4.72 Å². The number of amides is 1. The average molecular weight is 310 g/mol. The number of primary amides is 1. The molecule has 6 nitrogen and oxygen atoms in total. The zero-order valence-electron chi connectivity index (χ0n) is 11.5. The van der Waals surface area contributed by atoms with Crippen LogP contribution in [0.15, 0.2) is 29.2 Å². The van der Waals surface area contributed by atoms with E-state index in [2.05, 4.69) is 16.6 Å². The molecule has 0 aliphatic heterocycles. The molecule has 114 valence electrons. The van der Waals surface area contributed by atoms with Crippen LogP contribution in [0.1, 0.15) is 24.8 Å². The summed E-state index contributed by atoms with van der Waals surface area (Å²) in [6.45, 7) is -0.0444. The van der Waals surface area contributed by atoms with Crippen LogP contribution in [0.2, 0.25) is 0 Å². The molecule has 1 aromatic rings. The number of aliphatic hydroxyl groups is 1. The van der Waals surface area contributed by atoms with Gasteiger partial charge in [0, 0.05) is 18.5 Å². The summed E-state index contributed by atoms with van der Waals surface area (Å²) in [5.41, 5.74) is 5.51. The van der Waals surface area contributed by atoms with Crippen molar-refractivity contribution in [3.05, 3.63) is 29.8 Å². The van der Waals surface area contributed by atoms with Gasteiger partial charge in [-0.05, 0) is 31.0 Å². The summed E-state index contributed by atoms with van der Waals surface area (Å²) in [5, 5.41) is 8.63. The van der Waals surface area contributed by atoms with Crippen molar-refractivity contribution < 1.29 is 18.3 Å². The number of aliphatic hydroxyl groups excluding tert-OH is 1. The predicted molar refractivity (Wildman–Crippen MR) is 78.6 cm³/mol. The Bertz CT molecular complexity index is 644. The van der Waals surface area contributed by atoms with E-state index >= 15 is 0 Å². The molecule has 0 saturated carbocycles. The fourth-order valence-corrected chi connectivity index (χ4v) is 2.72. The van der Waals surface area contributed by atoms with Crippen molar-refractivity contribution in [2.75, 3.05) is 13.2 Å². The minimum atomic E-state index is -3.60. The van der Waals surface area contributed by atoms with Crippen molar-refractivity contribution in [1.29, 1.82) is 0 Å². The number of carbonyl (C=O) groups excluding carboxylic acids is 1. The van der Waals surface area contributed by atoms with Crippen LogP contribution in [0.5, 0.6) is 0 Å². The van der Waals surface area contributed by atoms with Gasteiger partial charge in [-0.1, -0.05) is 17.9 Å². The summed E-state index contributed by atoms with van der Waals surface area (Å²) in [6.07, 6.45) is 1.32. The molecular formula is C14H18N2O4S. The highest BCUT2D eigenvalue weighted by molar-refractivity contribution is 7.89. The Morgan fingerprint density at radius 2 is 2.10 bits per heavy atom. The van der Waals surface area contributed by atoms with Gasteiger partial charge in [-0.2, -0.15) is 0 Å². The van der Waals surface area contributed by atoms with Gasteiger partial charge in [0.2, 0.25) is 15.9 Å². The summed E-state index contributed by atoms with van der Waals surface area (Å²) in [5.74, 6) is 4.72. The fourth-order valence-electron chi connectivity index (χ4n) is 1.60. The number of unbranched alkanes of at least 4 members (excludes halogenated alkanes) is 1. The van der Waals surface area contributed by atoms with Crippen LogP contribution in [0.4, 0.5) is 0 Å². The van der Waals surface area contributed by atoms with E-state index in [0.29, 0.717) is 18.4 Å². The molecular weight excluding hydrogens is 292 g/mol. The molecule has 0 radical (unpaired) electrons. The van der Waals surface area contributed by atoms with Crippen LogP contribution in [-0.4, -0.2) is 32.6 Å². The van der Waals surface area contributed by atoms with Gasteiger partial charge in [-0.25, -0.2) is 13.1 Å². The van der Waals surface area contributed by atoms with Crippen LogP contribution in [-0.2, 0) is 14.8 Å². The number of hydrogen-bond donors (Lipinski definition) is 3. The second kappa shape index (κ2) is 8.42. The number of hydrogen-bond acceptors (Lipinski definition) is 4. The van der Waals surface area contributed by atoms with Gasteiger partial charge >= 0.3 is 0 Å². The number of rotatable bonds is 7. The quantitative estimate of drug-likeness (QED) is 0.485. The molecule has 0 bridgehead atoms. The van der Waals surface area contributed by atoms with Gasteiger partial charge in [0.15, 0.2) is 0 Å². The van der Waals surface area contributed by atoms with Gasteiger partial charge < -0.3 is 10.8 Å². The molecule has 4 N–H and O–H groups in total. The van der Waals surface area contributed by atoms with Gasteiger partial charge in [-0.15, -0.1) is 0 Å². The lowest BCUT2D eigenvalue weighted by molar-refractivity contribution is -0.118. The van der Waals surface area contributed by atoms with Crippen LogP contribution >= 0.6 is 0 Å². The van der Waals surface area contributed by atoms with Crippen molar-refractivity contribution in [3.63, 3.8) is 0 Å². The number of carbonyl (C=O) groups is 1. The molecule has 0 aliphatic carbocycles. The molecule has 21 heavy (non-hydrogen) atoms. The minimum absolute atomic E-state index is 0.113. The van der Waals surface area contributed by atoms with Gasteiger partial charge in [0.25, 0.3) is 0 Å². The Morgan fingerprint density at radius 1 is 1.33 bits per heavy atom. The topological polar surface area (TPSA) is 109 Å². The third kappa shape index (κ3) is 6.40. The number of nitrogens with one attached hydrogen (secondary N) is 1. The van der Waals surface area contributed by atoms with E-state index in [1.165, 1.54) is 12.1 Å². The van der Waals surface area contributed by atoms with Crippen LogP contribution < -0.4 is 10.5 Å². The Kier molecular flexibility index (Phi) is 6.88. The number of nitrogens with two attached hydrogens (primary N) is 1. The second-order valence-electron chi connectivity index (χ2n) is 4.31. The van der Waals surface area contributed by atoms with Gasteiger partial charge in [0.1, 0.15) is 6.61 Å². The predicted octanol–water partition coefficient (Wildman–Crippen LogP) is -0.0357. The first kappa shape index (κ1) is 17.2. The largest absolute Gasteiger partial charge is 0.384 e. The molecule has 1 amide bonds. The number of benzene rings is 1. The SMILES string of the molecule is NC(=O)CCCCNS(=O)(=O)c1cccc(C#CCO)c1. The van der Waals surface area contributed by atoms with E-state index in [9.17, 15) is 13.2 Å². The first-order valence-corrected chi connectivity index (χ1v) is 7.92. The standard InChI is InChI=1S/C14H18N2O4S/c15-14(18)8-1-2-9-16-21(19,20)13-7-3-5-12(11-13)6-4-10-17/h3,5,7,11,16-17H,1-2,8-10H2,(H2,15,18). The minimum Gasteiger partial charge on any atom is -0.384 e. The third-order valence-electron chi connectivity index (χ3n) is 2.60. The van der Waals surface area contributed by atoms with E-state index in [1.54, 1.807) is 12.1 Å². The van der Waals surface area contributed by atoms with Crippen molar-refractivity contribution in [2.24, 2.45) is 5.73 Å². The highest BCUT2D eigenvalue weighted by Crippen LogP contribution is 2.11. The molecule has 0 aromatic heterocycles. The van der Waals surface area contributed by atoms with Crippen molar-refractivity contribution in [2.45, 2.75) is 24.2 Å². The summed E-state index contributed by atoms with van der Waals surface area (Å²) >= 11 is 0. The van der Waals surface area contributed by atoms with E-state index in [4.69, 9.17) is 10.8 Å². The first-order valence-electron chi connectivity index (χ1n) is 6.43. The Morgan fingerprint density at radius 3 is 2.76 bits per heavy atom. The normalized spacial score (nSPS) is 10.7. The Balaban J connectivity index is 2.63. The monoisotopic (exact) mass is 310 g/mol. The number of sulfonamides is 1. The maximum Gasteiger partial charge on any atom is 0.240 e. The zero-order valence-corrected chi connectivity index (χ0v) is 12.3. The summed E-state index contributed by atoms with van der Waals surface area (Å²) < 4.78 is 26.6. The maximum absolute atomic E-state index is 12.1. The molecule has 0 fully saturated rings. The molecule has 0 heterocycles. The molecule has 1 rings (SSSR count). The fraction of sp³-hybridized carbons (Fsp3) is 0.357. The zero-order chi connectivity index (χ0) is 15.7. The van der Waals surface area contributed by atoms with E-state index < -0.39 is 15.9 Å². The second-order valence-corrected chi connectivity index (χ2v) is 6.08. The van der Waals surface area contributed by atoms with E-state index in [1.807, 2.05) is 0 Å². The molecule has 0 atom stereocenters. The van der Waals surface area contributed by atoms with E-state index in [0.717, 1.165) is 0 Å². The highest BCUT2D eigenvalue weighted by Gasteiger charge is 2.13. The summed E-state index contributed by atoms with van der Waals surface area (Å²) in [7, 11) is -3.60. The van der Waals surface area contributed by atoms with E-state index in [-0.39, 0.29) is 24.5 Å². The highest BCUT2D eigenvalue weighted by atomic mass is 32.2. The maximum atomic E-state index is 12.1. The molecule has 1 aromatic carbocycles. The third-order valence-corrected chi connectivity index (χ3v) is 4.06. The molecule has 0 unspecified atom stereocenters. The van der Waals surface area contributed by atoms with Crippen molar-refractivity contribution in [3.8, 4) is 11.8 Å². The van der Waals surface area contributed by atoms with Gasteiger partial charge in [-0.3, -0.25) is 4.79 Å². The van der Waals surface area contributed by atoms with Gasteiger partial charge in [0.05, 0.1) is 4.90 Å². The molecule has 0 saturated heterocycles. The molecule has 0 aliphatic rings.